The van der Waals surface area contributed by atoms with Crippen LogP contribution in [0.1, 0.15) is 52.9 Å². The summed E-state index contributed by atoms with van der Waals surface area (Å²) < 4.78 is 12.0. The van der Waals surface area contributed by atoms with E-state index in [9.17, 15) is 0 Å². The van der Waals surface area contributed by atoms with Gasteiger partial charge in [-0.05, 0) is 43.1 Å². The summed E-state index contributed by atoms with van der Waals surface area (Å²) in [6, 6.07) is 0. The van der Waals surface area contributed by atoms with Crippen LogP contribution >= 0.6 is 0 Å². The molecule has 0 aromatic rings. The molecule has 0 aromatic carbocycles. The van der Waals surface area contributed by atoms with Crippen LogP contribution in [-0.4, -0.2) is 19.5 Å². The van der Waals surface area contributed by atoms with Gasteiger partial charge in [-0.25, -0.2) is 0 Å². The van der Waals surface area contributed by atoms with Gasteiger partial charge in [-0.15, -0.1) is 0 Å². The van der Waals surface area contributed by atoms with E-state index in [1.807, 2.05) is 0 Å². The van der Waals surface area contributed by atoms with Crippen molar-refractivity contribution in [2.75, 3.05) is 13.2 Å². The van der Waals surface area contributed by atoms with Crippen molar-refractivity contribution in [3.63, 3.8) is 0 Å². The molecule has 20 heavy (non-hydrogen) atoms. The summed E-state index contributed by atoms with van der Waals surface area (Å²) in [5, 5.41) is 0. The number of allylic oxidation sites excluding steroid dienone is 2. The molecule has 1 heterocycles. The van der Waals surface area contributed by atoms with Gasteiger partial charge in [0.15, 0.2) is 6.29 Å². The van der Waals surface area contributed by atoms with E-state index in [0.29, 0.717) is 5.92 Å². The molecule has 0 saturated carbocycles. The van der Waals surface area contributed by atoms with E-state index in [1.165, 1.54) is 25.7 Å². The Morgan fingerprint density at radius 2 is 2.05 bits per heavy atom. The summed E-state index contributed by atoms with van der Waals surface area (Å²) in [5.41, 5.74) is 1.27. The third-order valence-corrected chi connectivity index (χ3v) is 5.19. The SMILES string of the molecule is C=C(CC1CC=CCC1)C1OCC(C)(C(C)CC)CO1. The predicted octanol–water partition coefficient (Wildman–Crippen LogP) is 4.71. The molecule has 2 nitrogen and oxygen atoms in total. The van der Waals surface area contributed by atoms with Crippen LogP contribution in [0, 0.1) is 17.3 Å². The highest BCUT2D eigenvalue weighted by molar-refractivity contribution is 5.04. The molecular weight excluding hydrogens is 248 g/mol. The third kappa shape index (κ3) is 3.73. The van der Waals surface area contributed by atoms with Gasteiger partial charge in [0.05, 0.1) is 13.2 Å². The first-order chi connectivity index (χ1) is 9.55. The maximum absolute atomic E-state index is 5.98. The van der Waals surface area contributed by atoms with Crippen molar-refractivity contribution in [1.29, 1.82) is 0 Å². The molecule has 2 heteroatoms. The lowest BCUT2D eigenvalue weighted by molar-refractivity contribution is -0.220. The van der Waals surface area contributed by atoms with E-state index in [-0.39, 0.29) is 11.7 Å². The fourth-order valence-corrected chi connectivity index (χ4v) is 3.14. The van der Waals surface area contributed by atoms with Crippen LogP contribution < -0.4 is 0 Å². The lowest BCUT2D eigenvalue weighted by atomic mass is 9.77. The van der Waals surface area contributed by atoms with E-state index in [0.717, 1.165) is 31.1 Å². The molecular formula is C18H30O2. The Labute approximate surface area is 124 Å². The molecule has 114 valence electrons. The molecule has 1 aliphatic heterocycles. The van der Waals surface area contributed by atoms with E-state index in [4.69, 9.17) is 9.47 Å². The zero-order valence-electron chi connectivity index (χ0n) is 13.4. The number of ether oxygens (including phenoxy) is 2. The predicted molar refractivity (Wildman–Crippen MR) is 83.5 cm³/mol. The van der Waals surface area contributed by atoms with Crippen molar-refractivity contribution in [2.45, 2.75) is 59.2 Å². The van der Waals surface area contributed by atoms with Crippen LogP contribution in [0.2, 0.25) is 0 Å². The standard InChI is InChI=1S/C18H30O2/c1-5-15(3)18(4)12-19-17(20-13-18)14(2)11-16-9-7-6-8-10-16/h6-7,15-17H,2,5,8-13H2,1,3-4H3. The Bertz CT molecular complexity index is 350. The zero-order valence-corrected chi connectivity index (χ0v) is 13.4. The van der Waals surface area contributed by atoms with Crippen molar-refractivity contribution in [3.8, 4) is 0 Å². The zero-order chi connectivity index (χ0) is 14.6. The molecule has 2 atom stereocenters. The van der Waals surface area contributed by atoms with Gasteiger partial charge in [0.1, 0.15) is 0 Å². The molecule has 0 N–H and O–H groups in total. The highest BCUT2D eigenvalue weighted by Gasteiger charge is 2.37. The Balaban J connectivity index is 1.81. The smallest absolute Gasteiger partial charge is 0.179 e. The normalized spacial score (nSPS) is 35.8. The average Bonchev–Trinajstić information content (AvgIpc) is 2.48. The first-order valence-corrected chi connectivity index (χ1v) is 8.11. The second kappa shape index (κ2) is 6.91. The largest absolute Gasteiger partial charge is 0.348 e. The monoisotopic (exact) mass is 278 g/mol. The minimum atomic E-state index is -0.182. The number of hydrogen-bond acceptors (Lipinski definition) is 2. The molecule has 0 aromatic heterocycles. The Hall–Kier alpha value is -0.600. The highest BCUT2D eigenvalue weighted by Crippen LogP contribution is 2.36. The number of hydrogen-bond donors (Lipinski definition) is 0. The van der Waals surface area contributed by atoms with Gasteiger partial charge >= 0.3 is 0 Å². The first-order valence-electron chi connectivity index (χ1n) is 8.11. The molecule has 0 spiro atoms. The maximum atomic E-state index is 5.98. The van der Waals surface area contributed by atoms with Crippen LogP contribution in [0.3, 0.4) is 0 Å². The molecule has 0 bridgehead atoms. The Morgan fingerprint density at radius 1 is 1.35 bits per heavy atom. The molecule has 1 saturated heterocycles. The Morgan fingerprint density at radius 3 is 2.60 bits per heavy atom. The van der Waals surface area contributed by atoms with E-state index < -0.39 is 0 Å². The molecule has 0 radical (unpaired) electrons. The van der Waals surface area contributed by atoms with E-state index >= 15 is 0 Å². The fraction of sp³-hybridized carbons (Fsp3) is 0.778. The molecule has 1 fully saturated rings. The minimum absolute atomic E-state index is 0.152. The fourth-order valence-electron chi connectivity index (χ4n) is 3.14. The van der Waals surface area contributed by atoms with E-state index in [2.05, 4.69) is 39.5 Å². The molecule has 2 aliphatic rings. The summed E-state index contributed by atoms with van der Waals surface area (Å²) in [6.07, 6.45) is 10.3. The van der Waals surface area contributed by atoms with Crippen LogP contribution in [0.15, 0.2) is 24.3 Å². The van der Waals surface area contributed by atoms with Crippen molar-refractivity contribution in [1.82, 2.24) is 0 Å². The van der Waals surface area contributed by atoms with Gasteiger partial charge in [-0.3, -0.25) is 0 Å². The van der Waals surface area contributed by atoms with Gasteiger partial charge in [0.2, 0.25) is 0 Å². The molecule has 2 rings (SSSR count). The molecule has 2 unspecified atom stereocenters. The van der Waals surface area contributed by atoms with Crippen molar-refractivity contribution < 1.29 is 9.47 Å². The lowest BCUT2D eigenvalue weighted by Crippen LogP contribution is -2.44. The molecule has 1 aliphatic carbocycles. The van der Waals surface area contributed by atoms with Crippen LogP contribution in [0.5, 0.6) is 0 Å². The minimum Gasteiger partial charge on any atom is -0.348 e. The summed E-state index contributed by atoms with van der Waals surface area (Å²) in [6.45, 7) is 12.6. The topological polar surface area (TPSA) is 18.5 Å². The quantitative estimate of drug-likeness (QED) is 0.678. The summed E-state index contributed by atoms with van der Waals surface area (Å²) in [5.74, 6) is 1.35. The van der Waals surface area contributed by atoms with Gasteiger partial charge in [-0.1, -0.05) is 45.9 Å². The summed E-state index contributed by atoms with van der Waals surface area (Å²) >= 11 is 0. The van der Waals surface area contributed by atoms with Gasteiger partial charge in [0.25, 0.3) is 0 Å². The van der Waals surface area contributed by atoms with Gasteiger partial charge in [-0.2, -0.15) is 0 Å². The van der Waals surface area contributed by atoms with Gasteiger partial charge < -0.3 is 9.47 Å². The highest BCUT2D eigenvalue weighted by atomic mass is 16.7. The Kier molecular flexibility index (Phi) is 5.45. The summed E-state index contributed by atoms with van der Waals surface area (Å²) in [4.78, 5) is 0. The van der Waals surface area contributed by atoms with Crippen molar-refractivity contribution in [3.05, 3.63) is 24.3 Å². The van der Waals surface area contributed by atoms with Crippen molar-refractivity contribution >= 4 is 0 Å². The molecule has 0 amide bonds. The average molecular weight is 278 g/mol. The third-order valence-electron chi connectivity index (χ3n) is 5.19. The summed E-state index contributed by atoms with van der Waals surface area (Å²) in [7, 11) is 0. The lowest BCUT2D eigenvalue weighted by Gasteiger charge is -2.42. The maximum Gasteiger partial charge on any atom is 0.179 e. The van der Waals surface area contributed by atoms with Crippen LogP contribution in [-0.2, 0) is 9.47 Å². The van der Waals surface area contributed by atoms with Crippen LogP contribution in [0.4, 0.5) is 0 Å². The second-order valence-corrected chi connectivity index (χ2v) is 6.93. The van der Waals surface area contributed by atoms with Crippen molar-refractivity contribution in [2.24, 2.45) is 17.3 Å². The van der Waals surface area contributed by atoms with Gasteiger partial charge in [0, 0.05) is 5.41 Å². The second-order valence-electron chi connectivity index (χ2n) is 6.93. The first kappa shape index (κ1) is 15.8. The van der Waals surface area contributed by atoms with E-state index in [1.54, 1.807) is 0 Å². The van der Waals surface area contributed by atoms with Crippen LogP contribution in [0.25, 0.3) is 0 Å². The number of rotatable bonds is 5.